The Kier molecular flexibility index (Phi) is 5.53. The molecule has 0 radical (unpaired) electrons. The van der Waals surface area contributed by atoms with Crippen LogP contribution in [0.2, 0.25) is 0 Å². The van der Waals surface area contributed by atoms with Crippen LogP contribution in [0.4, 0.5) is 0 Å². The van der Waals surface area contributed by atoms with Gasteiger partial charge in [0.1, 0.15) is 30.3 Å². The minimum absolute atomic E-state index is 0.0276. The normalized spacial score (nSPS) is 12.8. The van der Waals surface area contributed by atoms with E-state index in [4.69, 9.17) is 14.0 Å². The van der Waals surface area contributed by atoms with Gasteiger partial charge in [0.05, 0.1) is 28.9 Å². The monoisotopic (exact) mass is 420 g/mol. The molecule has 8 heteroatoms. The van der Waals surface area contributed by atoms with Crippen LogP contribution in [0.25, 0.3) is 0 Å². The number of hydrogen-bond donors (Lipinski definition) is 0. The van der Waals surface area contributed by atoms with Crippen molar-refractivity contribution in [2.24, 2.45) is 0 Å². The summed E-state index contributed by atoms with van der Waals surface area (Å²) in [7, 11) is 0. The van der Waals surface area contributed by atoms with E-state index in [0.717, 1.165) is 16.2 Å². The number of benzene rings is 2. The Morgan fingerprint density at radius 3 is 2.29 bits per heavy atom. The second kappa shape index (κ2) is 8.43. The van der Waals surface area contributed by atoms with E-state index in [2.05, 4.69) is 5.16 Å². The van der Waals surface area contributed by atoms with Crippen LogP contribution in [0.15, 0.2) is 53.1 Å². The summed E-state index contributed by atoms with van der Waals surface area (Å²) in [6, 6.07) is 13.3. The lowest BCUT2D eigenvalue weighted by molar-refractivity contribution is 0.0416. The third-order valence-corrected chi connectivity index (χ3v) is 5.09. The van der Waals surface area contributed by atoms with E-state index in [1.54, 1.807) is 55.5 Å². The number of ether oxygens (including phenoxy) is 2. The molecule has 1 aliphatic heterocycles. The highest BCUT2D eigenvalue weighted by Gasteiger charge is 2.34. The standard InChI is InChI=1S/C23H20N2O6/c1-14-19(15(2)31-24-14)13-30-20-10-6-5-9-18(20)23(28)29-12-11-25-21(26)16-7-3-4-8-17(16)22(25)27/h3-10H,11-13H2,1-2H3. The van der Waals surface area contributed by atoms with E-state index in [1.807, 2.05) is 6.92 Å². The number of nitrogens with zero attached hydrogens (tertiary/aromatic N) is 2. The molecule has 0 bridgehead atoms. The van der Waals surface area contributed by atoms with Crippen LogP contribution in [0.1, 0.15) is 48.1 Å². The van der Waals surface area contributed by atoms with Gasteiger partial charge in [-0.05, 0) is 38.1 Å². The van der Waals surface area contributed by atoms with Gasteiger partial charge in [0, 0.05) is 0 Å². The first-order valence-electron chi connectivity index (χ1n) is 9.73. The second-order valence-electron chi connectivity index (χ2n) is 7.03. The van der Waals surface area contributed by atoms with Crippen molar-refractivity contribution < 1.29 is 28.4 Å². The summed E-state index contributed by atoms with van der Waals surface area (Å²) in [5, 5.41) is 3.89. The minimum atomic E-state index is -0.606. The molecule has 8 nitrogen and oxygen atoms in total. The molecular weight excluding hydrogens is 400 g/mol. The SMILES string of the molecule is Cc1noc(C)c1COc1ccccc1C(=O)OCCN1C(=O)c2ccccc2C1=O. The van der Waals surface area contributed by atoms with Gasteiger partial charge in [0.2, 0.25) is 0 Å². The first-order chi connectivity index (χ1) is 15.0. The first-order valence-corrected chi connectivity index (χ1v) is 9.73. The van der Waals surface area contributed by atoms with E-state index in [9.17, 15) is 14.4 Å². The Balaban J connectivity index is 1.38. The molecule has 0 saturated heterocycles. The number of esters is 1. The molecule has 2 aromatic carbocycles. The summed E-state index contributed by atoms with van der Waals surface area (Å²) >= 11 is 0. The van der Waals surface area contributed by atoms with Gasteiger partial charge >= 0.3 is 5.97 Å². The fourth-order valence-corrected chi connectivity index (χ4v) is 3.37. The van der Waals surface area contributed by atoms with Gasteiger partial charge in [-0.3, -0.25) is 14.5 Å². The number of imide groups is 1. The summed E-state index contributed by atoms with van der Waals surface area (Å²) in [4.78, 5) is 38.5. The number of carbonyl (C=O) groups is 3. The van der Waals surface area contributed by atoms with E-state index in [1.165, 1.54) is 0 Å². The van der Waals surface area contributed by atoms with Crippen molar-refractivity contribution in [2.75, 3.05) is 13.2 Å². The van der Waals surface area contributed by atoms with Crippen molar-refractivity contribution in [3.63, 3.8) is 0 Å². The molecule has 3 aromatic rings. The smallest absolute Gasteiger partial charge is 0.341 e. The third-order valence-electron chi connectivity index (χ3n) is 5.09. The zero-order valence-electron chi connectivity index (χ0n) is 17.1. The van der Waals surface area contributed by atoms with E-state index >= 15 is 0 Å². The topological polar surface area (TPSA) is 98.9 Å². The van der Waals surface area contributed by atoms with Crippen molar-refractivity contribution in [1.29, 1.82) is 0 Å². The maximum Gasteiger partial charge on any atom is 0.341 e. The lowest BCUT2D eigenvalue weighted by Gasteiger charge is -2.15. The Morgan fingerprint density at radius 2 is 1.65 bits per heavy atom. The number of carbonyl (C=O) groups excluding carboxylic acids is 3. The van der Waals surface area contributed by atoms with Crippen LogP contribution >= 0.6 is 0 Å². The van der Waals surface area contributed by atoms with Crippen LogP contribution in [-0.4, -0.2) is 41.0 Å². The quantitative estimate of drug-likeness (QED) is 0.427. The predicted molar refractivity (Wildman–Crippen MR) is 109 cm³/mol. The molecule has 0 atom stereocenters. The Bertz CT molecular complexity index is 1110. The van der Waals surface area contributed by atoms with Crippen molar-refractivity contribution in [3.05, 3.63) is 82.2 Å². The molecule has 31 heavy (non-hydrogen) atoms. The third kappa shape index (κ3) is 3.92. The highest BCUT2D eigenvalue weighted by atomic mass is 16.5. The average molecular weight is 420 g/mol. The number of aryl methyl sites for hydroxylation is 2. The summed E-state index contributed by atoms with van der Waals surface area (Å²) in [5.74, 6) is -0.377. The Morgan fingerprint density at radius 1 is 1.00 bits per heavy atom. The van der Waals surface area contributed by atoms with Crippen molar-refractivity contribution in [3.8, 4) is 5.75 Å². The van der Waals surface area contributed by atoms with Crippen LogP contribution < -0.4 is 4.74 Å². The zero-order chi connectivity index (χ0) is 22.0. The molecular formula is C23H20N2O6. The number of aromatic nitrogens is 1. The molecule has 1 aliphatic rings. The van der Waals surface area contributed by atoms with Gasteiger partial charge in [-0.25, -0.2) is 4.79 Å². The van der Waals surface area contributed by atoms with Gasteiger partial charge < -0.3 is 14.0 Å². The van der Waals surface area contributed by atoms with Gasteiger partial charge in [0.15, 0.2) is 0 Å². The number of fused-ring (bicyclic) bond motifs is 1. The molecule has 4 rings (SSSR count). The fraction of sp³-hybridized carbons (Fsp3) is 0.217. The van der Waals surface area contributed by atoms with Crippen LogP contribution in [0.3, 0.4) is 0 Å². The summed E-state index contributed by atoms with van der Waals surface area (Å²) in [6.45, 7) is 3.65. The van der Waals surface area contributed by atoms with Crippen LogP contribution in [0.5, 0.6) is 5.75 Å². The summed E-state index contributed by atoms with van der Waals surface area (Å²) in [5.41, 5.74) is 2.50. The average Bonchev–Trinajstić information content (AvgIpc) is 3.23. The molecule has 0 unspecified atom stereocenters. The van der Waals surface area contributed by atoms with Crippen molar-refractivity contribution in [1.82, 2.24) is 10.1 Å². The van der Waals surface area contributed by atoms with Crippen LogP contribution in [-0.2, 0) is 11.3 Å². The molecule has 1 aromatic heterocycles. The van der Waals surface area contributed by atoms with Gasteiger partial charge in [0.25, 0.3) is 11.8 Å². The number of amides is 2. The van der Waals surface area contributed by atoms with E-state index in [0.29, 0.717) is 22.6 Å². The van der Waals surface area contributed by atoms with Gasteiger partial charge in [-0.1, -0.05) is 29.4 Å². The van der Waals surface area contributed by atoms with Gasteiger partial charge in [-0.15, -0.1) is 0 Å². The summed E-state index contributed by atoms with van der Waals surface area (Å²) in [6.07, 6.45) is 0. The highest BCUT2D eigenvalue weighted by molar-refractivity contribution is 6.21. The maximum atomic E-state index is 12.6. The highest BCUT2D eigenvalue weighted by Crippen LogP contribution is 2.24. The molecule has 0 saturated carbocycles. The van der Waals surface area contributed by atoms with Crippen molar-refractivity contribution >= 4 is 17.8 Å². The minimum Gasteiger partial charge on any atom is -0.488 e. The maximum absolute atomic E-state index is 12.6. The molecule has 0 N–H and O–H groups in total. The zero-order valence-corrected chi connectivity index (χ0v) is 17.1. The Labute approximate surface area is 178 Å². The molecule has 0 fully saturated rings. The lowest BCUT2D eigenvalue weighted by atomic mass is 10.1. The lowest BCUT2D eigenvalue weighted by Crippen LogP contribution is -2.33. The van der Waals surface area contributed by atoms with E-state index < -0.39 is 5.97 Å². The largest absolute Gasteiger partial charge is 0.488 e. The molecule has 158 valence electrons. The predicted octanol–water partition coefficient (Wildman–Crippen LogP) is 3.32. The number of hydrogen-bond acceptors (Lipinski definition) is 7. The molecule has 0 spiro atoms. The molecule has 0 aliphatic carbocycles. The Hall–Kier alpha value is -3.94. The first kappa shape index (κ1) is 20.3. The van der Waals surface area contributed by atoms with Crippen molar-refractivity contribution in [2.45, 2.75) is 20.5 Å². The molecule has 2 heterocycles. The second-order valence-corrected chi connectivity index (χ2v) is 7.03. The summed E-state index contributed by atoms with van der Waals surface area (Å²) < 4.78 is 16.2. The number of para-hydroxylation sites is 1. The number of rotatable bonds is 7. The fourth-order valence-electron chi connectivity index (χ4n) is 3.37. The van der Waals surface area contributed by atoms with Gasteiger partial charge in [-0.2, -0.15) is 0 Å². The molecule has 2 amide bonds. The van der Waals surface area contributed by atoms with E-state index in [-0.39, 0.29) is 37.1 Å². The van der Waals surface area contributed by atoms with Crippen LogP contribution in [0, 0.1) is 13.8 Å².